The zero-order chi connectivity index (χ0) is 15.4. The van der Waals surface area contributed by atoms with Gasteiger partial charge in [0.05, 0.1) is 17.8 Å². The van der Waals surface area contributed by atoms with E-state index in [1.807, 2.05) is 26.1 Å². The molecule has 6 heteroatoms. The first-order valence-electron chi connectivity index (χ1n) is 6.55. The Morgan fingerprint density at radius 3 is 2.67 bits per heavy atom. The topological polar surface area (TPSA) is 46.7 Å². The van der Waals surface area contributed by atoms with Crippen molar-refractivity contribution in [3.05, 3.63) is 51.9 Å². The van der Waals surface area contributed by atoms with Gasteiger partial charge in [-0.3, -0.25) is 4.79 Å². The molecule has 1 atom stereocenters. The molecule has 0 radical (unpaired) electrons. The predicted molar refractivity (Wildman–Crippen MR) is 84.0 cm³/mol. The summed E-state index contributed by atoms with van der Waals surface area (Å²) in [7, 11) is 1.93. The Bertz CT molecular complexity index is 640. The van der Waals surface area contributed by atoms with E-state index >= 15 is 0 Å². The van der Waals surface area contributed by atoms with Gasteiger partial charge in [0, 0.05) is 5.02 Å². The number of hydrogen-bond acceptors (Lipinski definition) is 2. The molecule has 2 N–H and O–H groups in total. The van der Waals surface area contributed by atoms with Gasteiger partial charge in [-0.05, 0) is 37.3 Å². The fourth-order valence-electron chi connectivity index (χ4n) is 2.00. The number of anilines is 1. The van der Waals surface area contributed by atoms with Crippen LogP contribution in [0, 0.1) is 6.92 Å². The number of aryl methyl sites for hydroxylation is 1. The fraction of sp³-hybridized carbons (Fsp3) is 0.267. The van der Waals surface area contributed by atoms with Crippen molar-refractivity contribution in [3.63, 3.8) is 0 Å². The van der Waals surface area contributed by atoms with Crippen molar-refractivity contribution in [2.45, 2.75) is 13.5 Å². The number of likely N-dealkylation sites (N-methyl/N-ethyl adjacent to an activating group) is 1. The Hall–Kier alpha value is -1.49. The van der Waals surface area contributed by atoms with Gasteiger partial charge < -0.3 is 14.6 Å². The summed E-state index contributed by atoms with van der Waals surface area (Å²) >= 11 is 11.8. The van der Waals surface area contributed by atoms with Crippen LogP contribution in [0.25, 0.3) is 0 Å². The molecule has 1 amide bonds. The molecule has 2 rings (SSSR count). The number of amides is 1. The third kappa shape index (κ3) is 4.77. The molecule has 21 heavy (non-hydrogen) atoms. The van der Waals surface area contributed by atoms with E-state index in [4.69, 9.17) is 27.6 Å². The van der Waals surface area contributed by atoms with Crippen molar-refractivity contribution in [2.24, 2.45) is 0 Å². The second-order valence-electron chi connectivity index (χ2n) is 5.00. The number of rotatable bonds is 5. The Morgan fingerprint density at radius 2 is 2.05 bits per heavy atom. The molecule has 0 fully saturated rings. The molecule has 1 aromatic carbocycles. The number of furan rings is 1. The van der Waals surface area contributed by atoms with Gasteiger partial charge in [-0.25, -0.2) is 0 Å². The molecule has 4 nitrogen and oxygen atoms in total. The lowest BCUT2D eigenvalue weighted by Crippen LogP contribution is -3.08. The molecule has 1 heterocycles. The van der Waals surface area contributed by atoms with Gasteiger partial charge in [0.25, 0.3) is 5.91 Å². The summed E-state index contributed by atoms with van der Waals surface area (Å²) in [6.45, 7) is 2.86. The Labute approximate surface area is 133 Å². The summed E-state index contributed by atoms with van der Waals surface area (Å²) < 4.78 is 5.50. The van der Waals surface area contributed by atoms with Crippen LogP contribution in [-0.4, -0.2) is 19.5 Å². The van der Waals surface area contributed by atoms with Crippen LogP contribution in [-0.2, 0) is 11.3 Å². The molecule has 0 saturated carbocycles. The molecular formula is C15H17Cl2N2O2+. The number of quaternary nitrogens is 1. The lowest BCUT2D eigenvalue weighted by atomic mass is 10.3. The first kappa shape index (κ1) is 15.9. The zero-order valence-electron chi connectivity index (χ0n) is 11.9. The van der Waals surface area contributed by atoms with Gasteiger partial charge in [-0.2, -0.15) is 0 Å². The van der Waals surface area contributed by atoms with Crippen molar-refractivity contribution in [3.8, 4) is 0 Å². The van der Waals surface area contributed by atoms with Gasteiger partial charge in [0.15, 0.2) is 12.3 Å². The average Bonchev–Trinajstić information content (AvgIpc) is 2.78. The average molecular weight is 328 g/mol. The Morgan fingerprint density at radius 1 is 1.29 bits per heavy atom. The second kappa shape index (κ2) is 6.98. The summed E-state index contributed by atoms with van der Waals surface area (Å²) in [6.07, 6.45) is 0. The third-order valence-electron chi connectivity index (χ3n) is 2.94. The number of benzene rings is 1. The van der Waals surface area contributed by atoms with Gasteiger partial charge in [-0.15, -0.1) is 0 Å². The minimum Gasteiger partial charge on any atom is -0.460 e. The molecule has 112 valence electrons. The van der Waals surface area contributed by atoms with E-state index in [1.54, 1.807) is 18.2 Å². The molecule has 1 aromatic heterocycles. The smallest absolute Gasteiger partial charge is 0.279 e. The molecular weight excluding hydrogens is 311 g/mol. The van der Waals surface area contributed by atoms with Crippen molar-refractivity contribution in [1.82, 2.24) is 0 Å². The van der Waals surface area contributed by atoms with E-state index in [-0.39, 0.29) is 5.91 Å². The van der Waals surface area contributed by atoms with Crippen molar-refractivity contribution in [1.29, 1.82) is 0 Å². The Kier molecular flexibility index (Phi) is 5.28. The van der Waals surface area contributed by atoms with E-state index in [0.717, 1.165) is 16.4 Å². The molecule has 0 spiro atoms. The van der Waals surface area contributed by atoms with Crippen LogP contribution in [0.1, 0.15) is 11.5 Å². The standard InChI is InChI=1S/C15H16Cl2N2O2/c1-10-3-5-12(21-10)8-19(2)9-15(20)18-14-6-4-11(16)7-13(14)17/h3-7H,8-9H2,1-2H3,(H,18,20)/p+1. The lowest BCUT2D eigenvalue weighted by molar-refractivity contribution is -0.886. The molecule has 0 saturated heterocycles. The molecule has 0 aliphatic carbocycles. The van der Waals surface area contributed by atoms with E-state index in [1.165, 1.54) is 0 Å². The summed E-state index contributed by atoms with van der Waals surface area (Å²) in [6, 6.07) is 8.81. The summed E-state index contributed by atoms with van der Waals surface area (Å²) in [5, 5.41) is 3.74. The fourth-order valence-corrected chi connectivity index (χ4v) is 2.46. The molecule has 2 aromatic rings. The SMILES string of the molecule is Cc1ccc(C[NH+](C)CC(=O)Nc2ccc(Cl)cc2Cl)o1. The van der Waals surface area contributed by atoms with Crippen LogP contribution in [0.3, 0.4) is 0 Å². The monoisotopic (exact) mass is 327 g/mol. The summed E-state index contributed by atoms with van der Waals surface area (Å²) in [4.78, 5) is 13.0. The van der Waals surface area contributed by atoms with Crippen LogP contribution in [0.5, 0.6) is 0 Å². The zero-order valence-corrected chi connectivity index (χ0v) is 13.4. The van der Waals surface area contributed by atoms with Crippen LogP contribution < -0.4 is 10.2 Å². The normalized spacial score (nSPS) is 12.2. The predicted octanol–water partition coefficient (Wildman–Crippen LogP) is 2.55. The molecule has 0 aliphatic heterocycles. The summed E-state index contributed by atoms with van der Waals surface area (Å²) in [5.74, 6) is 1.62. The lowest BCUT2D eigenvalue weighted by Gasteiger charge is -2.13. The van der Waals surface area contributed by atoms with Crippen molar-refractivity contribution >= 4 is 34.8 Å². The van der Waals surface area contributed by atoms with Crippen molar-refractivity contribution in [2.75, 3.05) is 18.9 Å². The minimum atomic E-state index is -0.111. The van der Waals surface area contributed by atoms with E-state index in [0.29, 0.717) is 28.8 Å². The number of nitrogens with one attached hydrogen (secondary N) is 2. The molecule has 0 bridgehead atoms. The maximum Gasteiger partial charge on any atom is 0.279 e. The van der Waals surface area contributed by atoms with Gasteiger partial charge in [0.1, 0.15) is 12.3 Å². The van der Waals surface area contributed by atoms with Gasteiger partial charge >= 0.3 is 0 Å². The van der Waals surface area contributed by atoms with E-state index in [2.05, 4.69) is 5.32 Å². The highest BCUT2D eigenvalue weighted by Gasteiger charge is 2.13. The number of carbonyl (C=O) groups is 1. The van der Waals surface area contributed by atoms with Crippen LogP contribution >= 0.6 is 23.2 Å². The van der Waals surface area contributed by atoms with Crippen LogP contribution in [0.4, 0.5) is 5.69 Å². The van der Waals surface area contributed by atoms with E-state index in [9.17, 15) is 4.79 Å². The number of hydrogen-bond donors (Lipinski definition) is 2. The van der Waals surface area contributed by atoms with E-state index < -0.39 is 0 Å². The maximum absolute atomic E-state index is 12.0. The Balaban J connectivity index is 1.89. The minimum absolute atomic E-state index is 0.111. The second-order valence-corrected chi connectivity index (χ2v) is 5.84. The maximum atomic E-state index is 12.0. The number of carbonyl (C=O) groups excluding carboxylic acids is 1. The first-order chi connectivity index (χ1) is 9.94. The third-order valence-corrected chi connectivity index (χ3v) is 3.49. The van der Waals surface area contributed by atoms with Crippen LogP contribution in [0.2, 0.25) is 10.0 Å². The number of halogens is 2. The highest BCUT2D eigenvalue weighted by Crippen LogP contribution is 2.25. The quantitative estimate of drug-likeness (QED) is 0.886. The summed E-state index contributed by atoms with van der Waals surface area (Å²) in [5.41, 5.74) is 0.563. The van der Waals surface area contributed by atoms with Gasteiger partial charge in [-0.1, -0.05) is 23.2 Å². The highest BCUT2D eigenvalue weighted by molar-refractivity contribution is 6.36. The molecule has 1 unspecified atom stereocenters. The van der Waals surface area contributed by atoms with Crippen LogP contribution in [0.15, 0.2) is 34.7 Å². The van der Waals surface area contributed by atoms with Gasteiger partial charge in [0.2, 0.25) is 0 Å². The molecule has 0 aliphatic rings. The highest BCUT2D eigenvalue weighted by atomic mass is 35.5. The largest absolute Gasteiger partial charge is 0.460 e. The van der Waals surface area contributed by atoms with Crippen molar-refractivity contribution < 1.29 is 14.1 Å². The first-order valence-corrected chi connectivity index (χ1v) is 7.31.